The lowest BCUT2D eigenvalue weighted by molar-refractivity contribution is 0.413. The lowest BCUT2D eigenvalue weighted by Crippen LogP contribution is -2.04. The standard InChI is InChI=1S/C12H15NO/c1-10-6-7-11(5-4-8-13-2)12(9-10)14-3/h6-7,9,13H,8H2,1-3H3. The Hall–Kier alpha value is -1.46. The summed E-state index contributed by atoms with van der Waals surface area (Å²) in [5.74, 6) is 6.90. The quantitative estimate of drug-likeness (QED) is 0.713. The smallest absolute Gasteiger partial charge is 0.134 e. The van der Waals surface area contributed by atoms with Gasteiger partial charge >= 0.3 is 0 Å². The molecule has 1 rings (SSSR count). The first kappa shape index (κ1) is 10.6. The van der Waals surface area contributed by atoms with Gasteiger partial charge in [-0.1, -0.05) is 17.9 Å². The molecule has 0 heterocycles. The molecule has 2 heteroatoms. The van der Waals surface area contributed by atoms with Gasteiger partial charge in [-0.2, -0.15) is 0 Å². The third-order valence-electron chi connectivity index (χ3n) is 1.85. The average Bonchev–Trinajstić information content (AvgIpc) is 2.20. The molecule has 0 amide bonds. The summed E-state index contributed by atoms with van der Waals surface area (Å²) < 4.78 is 5.23. The van der Waals surface area contributed by atoms with Crippen LogP contribution < -0.4 is 10.1 Å². The molecular weight excluding hydrogens is 174 g/mol. The number of benzene rings is 1. The second-order valence-corrected chi connectivity index (χ2v) is 3.04. The van der Waals surface area contributed by atoms with Crippen LogP contribution in [-0.4, -0.2) is 20.7 Å². The van der Waals surface area contributed by atoms with Gasteiger partial charge in [-0.25, -0.2) is 0 Å². The van der Waals surface area contributed by atoms with Crippen molar-refractivity contribution in [1.29, 1.82) is 0 Å². The Bertz CT molecular complexity index is 360. The van der Waals surface area contributed by atoms with E-state index in [0.717, 1.165) is 11.3 Å². The number of nitrogens with one attached hydrogen (secondary N) is 1. The van der Waals surface area contributed by atoms with E-state index >= 15 is 0 Å². The summed E-state index contributed by atoms with van der Waals surface area (Å²) in [6.45, 7) is 2.73. The molecule has 1 aromatic carbocycles. The molecule has 0 spiro atoms. The van der Waals surface area contributed by atoms with Crippen LogP contribution in [0.2, 0.25) is 0 Å². The zero-order valence-corrected chi connectivity index (χ0v) is 8.85. The fraction of sp³-hybridized carbons (Fsp3) is 0.333. The lowest BCUT2D eigenvalue weighted by atomic mass is 10.1. The number of rotatable bonds is 2. The fourth-order valence-corrected chi connectivity index (χ4v) is 1.13. The molecule has 0 saturated heterocycles. The van der Waals surface area contributed by atoms with Crippen LogP contribution in [0, 0.1) is 18.8 Å². The molecule has 0 saturated carbocycles. The zero-order valence-electron chi connectivity index (χ0n) is 8.85. The van der Waals surface area contributed by atoms with E-state index in [-0.39, 0.29) is 0 Å². The first-order chi connectivity index (χ1) is 6.77. The third kappa shape index (κ3) is 2.79. The zero-order chi connectivity index (χ0) is 10.4. The van der Waals surface area contributed by atoms with Gasteiger partial charge in [0.25, 0.3) is 0 Å². The fourth-order valence-electron chi connectivity index (χ4n) is 1.13. The normalized spacial score (nSPS) is 9.07. The molecule has 2 nitrogen and oxygen atoms in total. The maximum atomic E-state index is 5.23. The van der Waals surface area contributed by atoms with Gasteiger partial charge in [0.15, 0.2) is 0 Å². The van der Waals surface area contributed by atoms with E-state index in [1.54, 1.807) is 7.11 Å². The summed E-state index contributed by atoms with van der Waals surface area (Å²) in [5.41, 5.74) is 2.12. The van der Waals surface area contributed by atoms with Crippen molar-refractivity contribution in [3.8, 4) is 17.6 Å². The van der Waals surface area contributed by atoms with Gasteiger partial charge in [-0.05, 0) is 31.7 Å². The number of hydrogen-bond acceptors (Lipinski definition) is 2. The molecule has 0 aliphatic carbocycles. The molecule has 0 aliphatic heterocycles. The van der Waals surface area contributed by atoms with Gasteiger partial charge in [0.05, 0.1) is 19.2 Å². The highest BCUT2D eigenvalue weighted by Gasteiger charge is 1.98. The molecular formula is C12H15NO. The number of ether oxygens (including phenoxy) is 1. The average molecular weight is 189 g/mol. The van der Waals surface area contributed by atoms with Gasteiger partial charge in [0.1, 0.15) is 5.75 Å². The molecule has 0 atom stereocenters. The molecule has 0 aromatic heterocycles. The second kappa shape index (κ2) is 5.31. The first-order valence-electron chi connectivity index (χ1n) is 4.56. The van der Waals surface area contributed by atoms with Crippen molar-refractivity contribution < 1.29 is 4.74 Å². The van der Waals surface area contributed by atoms with Crippen molar-refractivity contribution in [3.05, 3.63) is 29.3 Å². The van der Waals surface area contributed by atoms with Crippen LogP contribution in [0.1, 0.15) is 11.1 Å². The third-order valence-corrected chi connectivity index (χ3v) is 1.85. The van der Waals surface area contributed by atoms with Gasteiger partial charge in [0, 0.05) is 0 Å². The number of aryl methyl sites for hydroxylation is 1. The minimum atomic E-state index is 0.691. The summed E-state index contributed by atoms with van der Waals surface area (Å²) in [4.78, 5) is 0. The van der Waals surface area contributed by atoms with Crippen molar-refractivity contribution in [2.24, 2.45) is 0 Å². The monoisotopic (exact) mass is 189 g/mol. The van der Waals surface area contributed by atoms with E-state index in [4.69, 9.17) is 4.74 Å². The summed E-state index contributed by atoms with van der Waals surface area (Å²) in [7, 11) is 3.54. The second-order valence-electron chi connectivity index (χ2n) is 3.04. The molecule has 1 N–H and O–H groups in total. The number of methoxy groups -OCH3 is 1. The van der Waals surface area contributed by atoms with Crippen molar-refractivity contribution in [2.75, 3.05) is 20.7 Å². The van der Waals surface area contributed by atoms with E-state index in [1.807, 2.05) is 32.2 Å². The molecule has 1 aromatic rings. The summed E-state index contributed by atoms with van der Waals surface area (Å²) in [6.07, 6.45) is 0. The van der Waals surface area contributed by atoms with Gasteiger partial charge in [0.2, 0.25) is 0 Å². The number of hydrogen-bond donors (Lipinski definition) is 1. The Morgan fingerprint density at radius 3 is 2.86 bits per heavy atom. The highest BCUT2D eigenvalue weighted by molar-refractivity contribution is 5.47. The minimum absolute atomic E-state index is 0.691. The van der Waals surface area contributed by atoms with Crippen molar-refractivity contribution in [3.63, 3.8) is 0 Å². The Morgan fingerprint density at radius 1 is 1.43 bits per heavy atom. The molecule has 74 valence electrons. The highest BCUT2D eigenvalue weighted by Crippen LogP contribution is 2.18. The predicted octanol–water partition coefficient (Wildman–Crippen LogP) is 1.57. The van der Waals surface area contributed by atoms with E-state index in [1.165, 1.54) is 5.56 Å². The maximum Gasteiger partial charge on any atom is 0.134 e. The Balaban J connectivity index is 2.92. The topological polar surface area (TPSA) is 21.3 Å². The Labute approximate surface area is 85.3 Å². The van der Waals surface area contributed by atoms with Crippen molar-refractivity contribution >= 4 is 0 Å². The van der Waals surface area contributed by atoms with Crippen LogP contribution in [0.15, 0.2) is 18.2 Å². The summed E-state index contributed by atoms with van der Waals surface area (Å²) in [6, 6.07) is 6.01. The van der Waals surface area contributed by atoms with E-state index in [9.17, 15) is 0 Å². The summed E-state index contributed by atoms with van der Waals surface area (Å²) >= 11 is 0. The predicted molar refractivity (Wildman–Crippen MR) is 58.5 cm³/mol. The molecule has 0 fully saturated rings. The van der Waals surface area contributed by atoms with E-state index in [2.05, 4.69) is 17.2 Å². The molecule has 0 aliphatic rings. The Kier molecular flexibility index (Phi) is 4.03. The maximum absolute atomic E-state index is 5.23. The SMILES string of the molecule is CNCC#Cc1ccc(C)cc1OC. The van der Waals surface area contributed by atoms with Gasteiger partial charge in [-0.15, -0.1) is 0 Å². The molecule has 14 heavy (non-hydrogen) atoms. The van der Waals surface area contributed by atoms with Gasteiger partial charge in [-0.3, -0.25) is 0 Å². The van der Waals surface area contributed by atoms with Crippen LogP contribution in [0.5, 0.6) is 5.75 Å². The van der Waals surface area contributed by atoms with Gasteiger partial charge < -0.3 is 10.1 Å². The molecule has 0 unspecified atom stereocenters. The molecule has 0 bridgehead atoms. The summed E-state index contributed by atoms with van der Waals surface area (Å²) in [5, 5.41) is 2.97. The van der Waals surface area contributed by atoms with Crippen molar-refractivity contribution in [1.82, 2.24) is 5.32 Å². The highest BCUT2D eigenvalue weighted by atomic mass is 16.5. The Morgan fingerprint density at radius 2 is 2.21 bits per heavy atom. The minimum Gasteiger partial charge on any atom is -0.495 e. The lowest BCUT2D eigenvalue weighted by Gasteiger charge is -2.03. The van der Waals surface area contributed by atoms with Crippen LogP contribution in [0.3, 0.4) is 0 Å². The largest absolute Gasteiger partial charge is 0.495 e. The van der Waals surface area contributed by atoms with Crippen LogP contribution >= 0.6 is 0 Å². The van der Waals surface area contributed by atoms with Crippen molar-refractivity contribution in [2.45, 2.75) is 6.92 Å². The first-order valence-corrected chi connectivity index (χ1v) is 4.56. The molecule has 0 radical (unpaired) electrons. The van der Waals surface area contributed by atoms with Crippen LogP contribution in [0.25, 0.3) is 0 Å². The van der Waals surface area contributed by atoms with E-state index in [0.29, 0.717) is 6.54 Å². The van der Waals surface area contributed by atoms with Crippen LogP contribution in [0.4, 0.5) is 0 Å². The van der Waals surface area contributed by atoms with E-state index < -0.39 is 0 Å². The van der Waals surface area contributed by atoms with Crippen LogP contribution in [-0.2, 0) is 0 Å².